The van der Waals surface area contributed by atoms with Crippen LogP contribution in [-0.4, -0.2) is 38.1 Å². The number of benzene rings is 2. The monoisotopic (exact) mass is 370 g/mol. The number of hydrogen-bond acceptors (Lipinski definition) is 4. The molecule has 2 aromatic rings. The SMILES string of the molecule is CCOc1ccc(CC(=O)NCCNC(=O)c2ccc(OCC)cc2)cc1. The predicted octanol–water partition coefficient (Wildman–Crippen LogP) is 2.57. The number of carbonyl (C=O) groups is 2. The number of amides is 2. The third kappa shape index (κ3) is 7.01. The van der Waals surface area contributed by atoms with Gasteiger partial charge in [0.25, 0.3) is 5.91 Å². The van der Waals surface area contributed by atoms with Crippen molar-refractivity contribution in [3.05, 3.63) is 59.7 Å². The van der Waals surface area contributed by atoms with Crippen molar-refractivity contribution in [3.8, 4) is 11.5 Å². The van der Waals surface area contributed by atoms with E-state index in [1.54, 1.807) is 24.3 Å². The molecule has 0 saturated heterocycles. The van der Waals surface area contributed by atoms with Crippen LogP contribution < -0.4 is 20.1 Å². The van der Waals surface area contributed by atoms with Gasteiger partial charge in [0.1, 0.15) is 11.5 Å². The lowest BCUT2D eigenvalue weighted by Crippen LogP contribution is -2.35. The molecule has 0 fully saturated rings. The fourth-order valence-corrected chi connectivity index (χ4v) is 2.47. The first-order valence-electron chi connectivity index (χ1n) is 9.12. The number of carbonyl (C=O) groups excluding carboxylic acids is 2. The van der Waals surface area contributed by atoms with E-state index in [2.05, 4.69) is 10.6 Å². The van der Waals surface area contributed by atoms with Gasteiger partial charge in [-0.1, -0.05) is 12.1 Å². The molecule has 0 unspecified atom stereocenters. The quantitative estimate of drug-likeness (QED) is 0.630. The summed E-state index contributed by atoms with van der Waals surface area (Å²) in [5.41, 5.74) is 1.47. The summed E-state index contributed by atoms with van der Waals surface area (Å²) in [6, 6.07) is 14.4. The number of nitrogens with one attached hydrogen (secondary N) is 2. The molecule has 0 aliphatic heterocycles. The lowest BCUT2D eigenvalue weighted by Gasteiger charge is -2.09. The van der Waals surface area contributed by atoms with Gasteiger partial charge in [-0.05, 0) is 55.8 Å². The maximum atomic E-state index is 12.1. The number of ether oxygens (including phenoxy) is 2. The van der Waals surface area contributed by atoms with Crippen LogP contribution >= 0.6 is 0 Å². The summed E-state index contributed by atoms with van der Waals surface area (Å²) in [4.78, 5) is 24.0. The molecular weight excluding hydrogens is 344 g/mol. The molecule has 2 aromatic carbocycles. The van der Waals surface area contributed by atoms with Crippen LogP contribution in [0.3, 0.4) is 0 Å². The first-order chi connectivity index (χ1) is 13.1. The predicted molar refractivity (Wildman–Crippen MR) is 104 cm³/mol. The van der Waals surface area contributed by atoms with Gasteiger partial charge in [-0.25, -0.2) is 0 Å². The van der Waals surface area contributed by atoms with Crippen LogP contribution in [0.4, 0.5) is 0 Å². The zero-order valence-corrected chi connectivity index (χ0v) is 15.8. The van der Waals surface area contributed by atoms with Crippen molar-refractivity contribution in [2.75, 3.05) is 26.3 Å². The highest BCUT2D eigenvalue weighted by Crippen LogP contribution is 2.13. The third-order valence-corrected chi connectivity index (χ3v) is 3.76. The maximum Gasteiger partial charge on any atom is 0.251 e. The molecule has 2 rings (SSSR count). The Morgan fingerprint density at radius 1 is 0.778 bits per heavy atom. The van der Waals surface area contributed by atoms with E-state index >= 15 is 0 Å². The fraction of sp³-hybridized carbons (Fsp3) is 0.333. The summed E-state index contributed by atoms with van der Waals surface area (Å²) in [7, 11) is 0. The van der Waals surface area contributed by atoms with Crippen molar-refractivity contribution in [2.45, 2.75) is 20.3 Å². The number of hydrogen-bond donors (Lipinski definition) is 2. The van der Waals surface area contributed by atoms with Gasteiger partial charge >= 0.3 is 0 Å². The molecule has 0 atom stereocenters. The molecular formula is C21H26N2O4. The summed E-state index contributed by atoms with van der Waals surface area (Å²) in [6.07, 6.45) is 0.291. The van der Waals surface area contributed by atoms with Crippen LogP contribution in [0.5, 0.6) is 11.5 Å². The van der Waals surface area contributed by atoms with E-state index in [-0.39, 0.29) is 11.8 Å². The average Bonchev–Trinajstić information content (AvgIpc) is 2.68. The Bertz CT molecular complexity index is 727. The number of rotatable bonds is 10. The summed E-state index contributed by atoms with van der Waals surface area (Å²) < 4.78 is 10.7. The van der Waals surface area contributed by atoms with Crippen LogP contribution in [0.1, 0.15) is 29.8 Å². The van der Waals surface area contributed by atoms with Crippen molar-refractivity contribution in [1.29, 1.82) is 0 Å². The van der Waals surface area contributed by atoms with Crippen LogP contribution in [0, 0.1) is 0 Å². The van der Waals surface area contributed by atoms with Crippen molar-refractivity contribution < 1.29 is 19.1 Å². The minimum atomic E-state index is -0.182. The second-order valence-corrected chi connectivity index (χ2v) is 5.82. The van der Waals surface area contributed by atoms with Gasteiger partial charge in [0.15, 0.2) is 0 Å². The molecule has 27 heavy (non-hydrogen) atoms. The normalized spacial score (nSPS) is 10.1. The fourth-order valence-electron chi connectivity index (χ4n) is 2.47. The van der Waals surface area contributed by atoms with Crippen LogP contribution in [0.15, 0.2) is 48.5 Å². The first-order valence-corrected chi connectivity index (χ1v) is 9.12. The zero-order chi connectivity index (χ0) is 19.5. The molecule has 2 amide bonds. The van der Waals surface area contributed by atoms with Crippen molar-refractivity contribution >= 4 is 11.8 Å². The molecule has 0 aliphatic carbocycles. The standard InChI is InChI=1S/C21H26N2O4/c1-3-26-18-9-5-16(6-10-18)15-20(24)22-13-14-23-21(25)17-7-11-19(12-8-17)27-4-2/h5-12H,3-4,13-15H2,1-2H3,(H,22,24)(H,23,25). The Morgan fingerprint density at radius 3 is 1.85 bits per heavy atom. The Balaban J connectivity index is 1.67. The minimum Gasteiger partial charge on any atom is -0.494 e. The first kappa shape index (κ1) is 20.3. The Morgan fingerprint density at radius 2 is 1.30 bits per heavy atom. The Hall–Kier alpha value is -3.02. The lowest BCUT2D eigenvalue weighted by atomic mass is 10.1. The van der Waals surface area contributed by atoms with E-state index in [1.807, 2.05) is 38.1 Å². The minimum absolute atomic E-state index is 0.0884. The van der Waals surface area contributed by atoms with Crippen molar-refractivity contribution in [1.82, 2.24) is 10.6 Å². The van der Waals surface area contributed by atoms with Gasteiger partial charge in [-0.2, -0.15) is 0 Å². The van der Waals surface area contributed by atoms with E-state index in [9.17, 15) is 9.59 Å². The second kappa shape index (κ2) is 10.9. The molecule has 2 N–H and O–H groups in total. The average molecular weight is 370 g/mol. The maximum absolute atomic E-state index is 12.1. The zero-order valence-electron chi connectivity index (χ0n) is 15.8. The highest BCUT2D eigenvalue weighted by molar-refractivity contribution is 5.94. The molecule has 144 valence electrons. The Kier molecular flexibility index (Phi) is 8.16. The molecule has 0 aliphatic rings. The highest BCUT2D eigenvalue weighted by atomic mass is 16.5. The van der Waals surface area contributed by atoms with E-state index in [1.165, 1.54) is 0 Å². The smallest absolute Gasteiger partial charge is 0.251 e. The van der Waals surface area contributed by atoms with Crippen LogP contribution in [0.25, 0.3) is 0 Å². The molecule has 6 heteroatoms. The van der Waals surface area contributed by atoms with Crippen molar-refractivity contribution in [2.24, 2.45) is 0 Å². The topological polar surface area (TPSA) is 76.7 Å². The van der Waals surface area contributed by atoms with Crippen LogP contribution in [0.2, 0.25) is 0 Å². The van der Waals surface area contributed by atoms with Crippen molar-refractivity contribution in [3.63, 3.8) is 0 Å². The van der Waals surface area contributed by atoms with Gasteiger partial charge in [-0.3, -0.25) is 9.59 Å². The van der Waals surface area contributed by atoms with E-state index in [4.69, 9.17) is 9.47 Å². The molecule has 0 bridgehead atoms. The molecule has 0 heterocycles. The molecule has 0 radical (unpaired) electrons. The van der Waals surface area contributed by atoms with Gasteiger partial charge in [-0.15, -0.1) is 0 Å². The Labute approximate surface area is 159 Å². The van der Waals surface area contributed by atoms with E-state index in [0.29, 0.717) is 38.3 Å². The third-order valence-electron chi connectivity index (χ3n) is 3.76. The van der Waals surface area contributed by atoms with E-state index in [0.717, 1.165) is 17.1 Å². The van der Waals surface area contributed by atoms with Gasteiger partial charge in [0.2, 0.25) is 5.91 Å². The highest BCUT2D eigenvalue weighted by Gasteiger charge is 2.06. The molecule has 6 nitrogen and oxygen atoms in total. The lowest BCUT2D eigenvalue weighted by molar-refractivity contribution is -0.120. The summed E-state index contributed by atoms with van der Waals surface area (Å²) in [5, 5.41) is 5.58. The molecule has 0 saturated carbocycles. The largest absolute Gasteiger partial charge is 0.494 e. The summed E-state index contributed by atoms with van der Waals surface area (Å²) >= 11 is 0. The van der Waals surface area contributed by atoms with Crippen LogP contribution in [-0.2, 0) is 11.2 Å². The van der Waals surface area contributed by atoms with Gasteiger partial charge < -0.3 is 20.1 Å². The van der Waals surface area contributed by atoms with Gasteiger partial charge in [0, 0.05) is 18.7 Å². The molecule has 0 spiro atoms. The van der Waals surface area contributed by atoms with E-state index < -0.39 is 0 Å². The summed E-state index contributed by atoms with van der Waals surface area (Å²) in [6.45, 7) is 5.77. The second-order valence-electron chi connectivity index (χ2n) is 5.82. The summed E-state index contributed by atoms with van der Waals surface area (Å²) in [5.74, 6) is 1.25. The van der Waals surface area contributed by atoms with Gasteiger partial charge in [0.05, 0.1) is 19.6 Å². The molecule has 0 aromatic heterocycles.